The molecule has 0 saturated carbocycles. The molecule has 1 aromatic rings. The zero-order chi connectivity index (χ0) is 13.2. The molecule has 1 atom stereocenters. The summed E-state index contributed by atoms with van der Waals surface area (Å²) in [7, 11) is 0. The van der Waals surface area contributed by atoms with Gasteiger partial charge in [0.2, 0.25) is 0 Å². The van der Waals surface area contributed by atoms with Crippen LogP contribution in [0.4, 0.5) is 5.69 Å². The standard InChI is InChI=1S/C13H17BrN2OS/c1-13(5-2-6-18-13)8-16-12(17)10-7-9(15)3-4-11(10)14/h3-4,7H,2,5-6,8,15H2,1H3,(H,16,17). The van der Waals surface area contributed by atoms with Crippen molar-refractivity contribution < 1.29 is 4.79 Å². The van der Waals surface area contributed by atoms with Crippen LogP contribution in [0.15, 0.2) is 22.7 Å². The third-order valence-corrected chi connectivity index (χ3v) is 5.39. The number of hydrogen-bond acceptors (Lipinski definition) is 3. The molecule has 0 radical (unpaired) electrons. The fourth-order valence-electron chi connectivity index (χ4n) is 2.06. The van der Waals surface area contributed by atoms with Crippen molar-refractivity contribution in [2.24, 2.45) is 0 Å². The van der Waals surface area contributed by atoms with Gasteiger partial charge in [-0.2, -0.15) is 11.8 Å². The molecular formula is C13H17BrN2OS. The quantitative estimate of drug-likeness (QED) is 0.838. The predicted octanol–water partition coefficient (Wildman–Crippen LogP) is 3.05. The molecule has 3 N–H and O–H groups in total. The molecule has 1 aromatic carbocycles. The highest BCUT2D eigenvalue weighted by Crippen LogP contribution is 2.37. The molecule has 1 saturated heterocycles. The number of halogens is 1. The van der Waals surface area contributed by atoms with Crippen molar-refractivity contribution in [2.45, 2.75) is 24.5 Å². The van der Waals surface area contributed by atoms with Gasteiger partial charge in [-0.25, -0.2) is 0 Å². The fraction of sp³-hybridized carbons (Fsp3) is 0.462. The van der Waals surface area contributed by atoms with E-state index in [2.05, 4.69) is 28.2 Å². The van der Waals surface area contributed by atoms with Gasteiger partial charge in [0.05, 0.1) is 5.56 Å². The Morgan fingerprint density at radius 2 is 2.39 bits per heavy atom. The Kier molecular flexibility index (Phi) is 4.22. The largest absolute Gasteiger partial charge is 0.399 e. The molecule has 98 valence electrons. The highest BCUT2D eigenvalue weighted by Gasteiger charge is 2.29. The van der Waals surface area contributed by atoms with Gasteiger partial charge in [-0.1, -0.05) is 0 Å². The number of hydrogen-bond donors (Lipinski definition) is 2. The van der Waals surface area contributed by atoms with Gasteiger partial charge < -0.3 is 11.1 Å². The van der Waals surface area contributed by atoms with Crippen LogP contribution >= 0.6 is 27.7 Å². The molecule has 1 aliphatic rings. The molecule has 0 bridgehead atoms. The first-order chi connectivity index (χ1) is 8.50. The lowest BCUT2D eigenvalue weighted by Gasteiger charge is -2.23. The van der Waals surface area contributed by atoms with E-state index in [-0.39, 0.29) is 10.7 Å². The van der Waals surface area contributed by atoms with Crippen molar-refractivity contribution in [3.05, 3.63) is 28.2 Å². The van der Waals surface area contributed by atoms with E-state index in [0.717, 1.165) is 10.9 Å². The maximum Gasteiger partial charge on any atom is 0.252 e. The molecule has 1 heterocycles. The van der Waals surface area contributed by atoms with Crippen LogP contribution in [0.1, 0.15) is 30.1 Å². The minimum atomic E-state index is -0.0668. The van der Waals surface area contributed by atoms with Gasteiger partial charge in [0, 0.05) is 21.5 Å². The van der Waals surface area contributed by atoms with E-state index in [4.69, 9.17) is 5.73 Å². The lowest BCUT2D eigenvalue weighted by atomic mass is 10.1. The van der Waals surface area contributed by atoms with E-state index in [9.17, 15) is 4.79 Å². The molecule has 0 aromatic heterocycles. The number of thioether (sulfide) groups is 1. The molecule has 1 fully saturated rings. The summed E-state index contributed by atoms with van der Waals surface area (Å²) in [5.41, 5.74) is 6.90. The minimum absolute atomic E-state index is 0.0668. The summed E-state index contributed by atoms with van der Waals surface area (Å²) in [6.07, 6.45) is 2.40. The van der Waals surface area contributed by atoms with Crippen molar-refractivity contribution >= 4 is 39.3 Å². The molecule has 3 nitrogen and oxygen atoms in total. The first-order valence-electron chi connectivity index (χ1n) is 5.97. The minimum Gasteiger partial charge on any atom is -0.399 e. The molecule has 0 spiro atoms. The summed E-state index contributed by atoms with van der Waals surface area (Å²) in [6.45, 7) is 2.91. The van der Waals surface area contributed by atoms with Crippen molar-refractivity contribution in [1.82, 2.24) is 5.32 Å². The number of nitrogens with one attached hydrogen (secondary N) is 1. The summed E-state index contributed by atoms with van der Waals surface area (Å²) in [6, 6.07) is 5.27. The Hall–Kier alpha value is -0.680. The van der Waals surface area contributed by atoms with E-state index in [1.54, 1.807) is 18.2 Å². The zero-order valence-electron chi connectivity index (χ0n) is 10.3. The fourth-order valence-corrected chi connectivity index (χ4v) is 3.73. The van der Waals surface area contributed by atoms with E-state index >= 15 is 0 Å². The molecule has 1 unspecified atom stereocenters. The van der Waals surface area contributed by atoms with E-state index in [0.29, 0.717) is 17.8 Å². The summed E-state index contributed by atoms with van der Waals surface area (Å²) in [5, 5.41) is 3.00. The first kappa shape index (κ1) is 13.7. The molecule has 5 heteroatoms. The van der Waals surface area contributed by atoms with Crippen molar-refractivity contribution in [1.29, 1.82) is 0 Å². The average Bonchev–Trinajstić information content (AvgIpc) is 2.77. The van der Waals surface area contributed by atoms with Gasteiger partial charge in [-0.05, 0) is 59.6 Å². The number of nitrogens with two attached hydrogens (primary N) is 1. The van der Waals surface area contributed by atoms with E-state index < -0.39 is 0 Å². The number of benzene rings is 1. The van der Waals surface area contributed by atoms with Crippen LogP contribution in [0.5, 0.6) is 0 Å². The van der Waals surface area contributed by atoms with Crippen molar-refractivity contribution in [3.63, 3.8) is 0 Å². The highest BCUT2D eigenvalue weighted by atomic mass is 79.9. The second-order valence-corrected chi connectivity index (χ2v) is 7.36. The van der Waals surface area contributed by atoms with Crippen molar-refractivity contribution in [2.75, 3.05) is 18.0 Å². The number of rotatable bonds is 3. The molecule has 1 aliphatic heterocycles. The summed E-state index contributed by atoms with van der Waals surface area (Å²) < 4.78 is 0.959. The summed E-state index contributed by atoms with van der Waals surface area (Å²) in [4.78, 5) is 12.1. The van der Waals surface area contributed by atoms with Crippen LogP contribution in [0.25, 0.3) is 0 Å². The van der Waals surface area contributed by atoms with Gasteiger partial charge in [0.1, 0.15) is 0 Å². The first-order valence-corrected chi connectivity index (χ1v) is 7.75. The second kappa shape index (κ2) is 5.53. The third-order valence-electron chi connectivity index (χ3n) is 3.16. The summed E-state index contributed by atoms with van der Waals surface area (Å²) in [5.74, 6) is 1.12. The monoisotopic (exact) mass is 328 g/mol. The maximum atomic E-state index is 12.1. The van der Waals surface area contributed by atoms with Crippen molar-refractivity contribution in [3.8, 4) is 0 Å². The second-order valence-electron chi connectivity index (χ2n) is 4.82. The Balaban J connectivity index is 2.01. The smallest absolute Gasteiger partial charge is 0.252 e. The topological polar surface area (TPSA) is 55.1 Å². The Morgan fingerprint density at radius 1 is 1.61 bits per heavy atom. The SMILES string of the molecule is CC1(CNC(=O)c2cc(N)ccc2Br)CCCS1. The maximum absolute atomic E-state index is 12.1. The highest BCUT2D eigenvalue weighted by molar-refractivity contribution is 9.10. The van der Waals surface area contributed by atoms with Crippen LogP contribution in [0.2, 0.25) is 0 Å². The van der Waals surface area contributed by atoms with Crippen LogP contribution in [-0.4, -0.2) is 23.0 Å². The lowest BCUT2D eigenvalue weighted by Crippen LogP contribution is -2.36. The van der Waals surface area contributed by atoms with Gasteiger partial charge >= 0.3 is 0 Å². The summed E-state index contributed by atoms with van der Waals surface area (Å²) >= 11 is 5.31. The van der Waals surface area contributed by atoms with Gasteiger partial charge in [-0.3, -0.25) is 4.79 Å². The Labute approximate surface area is 120 Å². The van der Waals surface area contributed by atoms with Crippen LogP contribution in [-0.2, 0) is 0 Å². The zero-order valence-corrected chi connectivity index (χ0v) is 12.7. The van der Waals surface area contributed by atoms with Gasteiger partial charge in [-0.15, -0.1) is 0 Å². The number of anilines is 1. The predicted molar refractivity (Wildman–Crippen MR) is 81.0 cm³/mol. The Bertz CT molecular complexity index is 458. The van der Waals surface area contributed by atoms with E-state index in [1.165, 1.54) is 12.2 Å². The third kappa shape index (κ3) is 3.20. The van der Waals surface area contributed by atoms with E-state index in [1.807, 2.05) is 11.8 Å². The molecule has 18 heavy (non-hydrogen) atoms. The number of amides is 1. The van der Waals surface area contributed by atoms with Crippen LogP contribution < -0.4 is 11.1 Å². The van der Waals surface area contributed by atoms with Gasteiger partial charge in [0.15, 0.2) is 0 Å². The van der Waals surface area contributed by atoms with Crippen LogP contribution in [0.3, 0.4) is 0 Å². The average molecular weight is 329 g/mol. The number of carbonyl (C=O) groups is 1. The molecule has 0 aliphatic carbocycles. The Morgan fingerprint density at radius 3 is 3.06 bits per heavy atom. The number of carbonyl (C=O) groups excluding carboxylic acids is 1. The molecule has 2 rings (SSSR count). The number of nitrogen functional groups attached to an aromatic ring is 1. The van der Waals surface area contributed by atoms with Gasteiger partial charge in [0.25, 0.3) is 5.91 Å². The normalized spacial score (nSPS) is 23.0. The molecule has 1 amide bonds. The van der Waals surface area contributed by atoms with Crippen LogP contribution in [0, 0.1) is 0 Å². The molecular weight excluding hydrogens is 312 g/mol. The lowest BCUT2D eigenvalue weighted by molar-refractivity contribution is 0.0949.